The predicted molar refractivity (Wildman–Crippen MR) is 145 cm³/mol. The van der Waals surface area contributed by atoms with Crippen molar-refractivity contribution in [2.75, 3.05) is 26.7 Å². The third kappa shape index (κ3) is 7.28. The molecule has 3 aromatic rings. The van der Waals surface area contributed by atoms with Crippen LogP contribution in [-0.4, -0.2) is 52.8 Å². The number of aliphatic hydroxyl groups excluding tert-OH is 1. The van der Waals surface area contributed by atoms with Crippen LogP contribution in [0.15, 0.2) is 47.3 Å². The van der Waals surface area contributed by atoms with Crippen LogP contribution >= 0.6 is 11.3 Å². The zero-order valence-corrected chi connectivity index (χ0v) is 22.0. The van der Waals surface area contributed by atoms with Crippen LogP contribution in [0.25, 0.3) is 10.9 Å². The molecule has 0 spiro atoms. The topological polar surface area (TPSA) is 82.9 Å². The molecule has 0 saturated carbocycles. The molecule has 4 rings (SSSR count). The number of carboxylic acid groups (broad SMARTS) is 1. The van der Waals surface area contributed by atoms with Crippen molar-refractivity contribution >= 4 is 28.2 Å². The number of aryl methyl sites for hydroxylation is 1. The minimum atomic E-state index is -0.723. The second-order valence-electron chi connectivity index (χ2n) is 10.0. The fourth-order valence-electron chi connectivity index (χ4n) is 5.57. The summed E-state index contributed by atoms with van der Waals surface area (Å²) in [5.74, 6) is 0.816. The molecule has 3 atom stereocenters. The Hall–Kier alpha value is -2.48. The first-order chi connectivity index (χ1) is 17.5. The number of pyridine rings is 1. The Morgan fingerprint density at radius 1 is 1.22 bits per heavy atom. The van der Waals surface area contributed by atoms with E-state index in [4.69, 9.17) is 4.74 Å². The smallest absolute Gasteiger partial charge is 0.303 e. The van der Waals surface area contributed by atoms with E-state index in [1.165, 1.54) is 18.4 Å². The van der Waals surface area contributed by atoms with E-state index in [1.54, 1.807) is 24.6 Å². The van der Waals surface area contributed by atoms with E-state index in [0.717, 1.165) is 61.1 Å². The summed E-state index contributed by atoms with van der Waals surface area (Å²) >= 11 is 1.76. The summed E-state index contributed by atoms with van der Waals surface area (Å²) in [7, 11) is 1.64. The molecule has 0 radical (unpaired) electrons. The number of piperidine rings is 1. The summed E-state index contributed by atoms with van der Waals surface area (Å²) in [5, 5.41) is 25.7. The Balaban J connectivity index is 1.33. The van der Waals surface area contributed by atoms with Gasteiger partial charge in [-0.3, -0.25) is 9.78 Å². The van der Waals surface area contributed by atoms with Gasteiger partial charge in [0.25, 0.3) is 0 Å². The molecular weight excluding hydrogens is 472 g/mol. The van der Waals surface area contributed by atoms with Gasteiger partial charge in [-0.05, 0) is 122 Å². The van der Waals surface area contributed by atoms with Crippen molar-refractivity contribution in [3.63, 3.8) is 0 Å². The summed E-state index contributed by atoms with van der Waals surface area (Å²) < 4.78 is 5.37. The number of methoxy groups -OCH3 is 1. The number of ether oxygens (including phenoxy) is 1. The molecule has 1 aromatic carbocycles. The molecule has 7 heteroatoms. The van der Waals surface area contributed by atoms with Crippen LogP contribution < -0.4 is 4.74 Å². The monoisotopic (exact) mass is 510 g/mol. The van der Waals surface area contributed by atoms with E-state index in [0.29, 0.717) is 24.7 Å². The van der Waals surface area contributed by atoms with Crippen LogP contribution in [0.4, 0.5) is 0 Å². The molecule has 36 heavy (non-hydrogen) atoms. The largest absolute Gasteiger partial charge is 0.497 e. The molecule has 1 aliphatic heterocycles. The second kappa shape index (κ2) is 13.2. The normalized spacial score (nSPS) is 19.4. The second-order valence-corrected chi connectivity index (χ2v) is 10.8. The summed E-state index contributed by atoms with van der Waals surface area (Å²) in [5.41, 5.74) is 3.15. The van der Waals surface area contributed by atoms with Gasteiger partial charge < -0.3 is 19.8 Å². The Morgan fingerprint density at radius 2 is 2.11 bits per heavy atom. The Morgan fingerprint density at radius 3 is 2.89 bits per heavy atom. The van der Waals surface area contributed by atoms with Crippen LogP contribution in [0.2, 0.25) is 0 Å². The van der Waals surface area contributed by atoms with Gasteiger partial charge in [0.05, 0.1) is 18.7 Å². The van der Waals surface area contributed by atoms with E-state index >= 15 is 0 Å². The van der Waals surface area contributed by atoms with E-state index in [9.17, 15) is 15.0 Å². The first-order valence-corrected chi connectivity index (χ1v) is 14.0. The van der Waals surface area contributed by atoms with E-state index in [-0.39, 0.29) is 6.42 Å². The Kier molecular flexibility index (Phi) is 9.73. The summed E-state index contributed by atoms with van der Waals surface area (Å²) in [4.78, 5) is 18.3. The number of fused-ring (bicyclic) bond motifs is 1. The van der Waals surface area contributed by atoms with Crippen LogP contribution in [-0.2, 0) is 11.2 Å². The number of rotatable bonds is 13. The van der Waals surface area contributed by atoms with Gasteiger partial charge in [0.15, 0.2) is 0 Å². The number of aromatic nitrogens is 1. The quantitative estimate of drug-likeness (QED) is 0.277. The standard InChI is InChI=1S/C29H38N2O4S/c1-35-24-7-8-27-26(18-24)25(11-14-30-27)28(32)9-5-22-12-16-31(19-23(22)6-10-29(33)34)15-3-2-4-21-13-17-36-20-21/h7-8,11,13-14,17-18,20,22-23,28,32H,2-6,9-10,12,15-16,19H2,1H3,(H,33,34)/t22-,23-,28-/m1/s1. The molecule has 1 saturated heterocycles. The summed E-state index contributed by atoms with van der Waals surface area (Å²) in [6.07, 6.45) is 8.19. The number of carbonyl (C=O) groups is 1. The third-order valence-electron chi connectivity index (χ3n) is 7.63. The van der Waals surface area contributed by atoms with Crippen LogP contribution in [0, 0.1) is 11.8 Å². The number of unbranched alkanes of at least 4 members (excludes halogenated alkanes) is 1. The molecule has 2 N–H and O–H groups in total. The van der Waals surface area contributed by atoms with Crippen molar-refractivity contribution in [3.8, 4) is 5.75 Å². The summed E-state index contributed by atoms with van der Waals surface area (Å²) in [6, 6.07) is 9.84. The minimum Gasteiger partial charge on any atom is -0.497 e. The molecule has 1 aliphatic rings. The highest BCUT2D eigenvalue weighted by molar-refractivity contribution is 7.07. The molecular formula is C29H38N2O4S. The molecule has 2 aromatic heterocycles. The van der Waals surface area contributed by atoms with Crippen LogP contribution in [0.3, 0.4) is 0 Å². The van der Waals surface area contributed by atoms with Gasteiger partial charge in [-0.25, -0.2) is 0 Å². The lowest BCUT2D eigenvalue weighted by Gasteiger charge is -2.39. The maximum absolute atomic E-state index is 11.3. The molecule has 194 valence electrons. The predicted octanol–water partition coefficient (Wildman–Crippen LogP) is 5.94. The highest BCUT2D eigenvalue weighted by atomic mass is 32.1. The van der Waals surface area contributed by atoms with Gasteiger partial charge in [-0.2, -0.15) is 11.3 Å². The number of likely N-dealkylation sites (tertiary alicyclic amines) is 1. The zero-order valence-electron chi connectivity index (χ0n) is 21.1. The van der Waals surface area contributed by atoms with Crippen LogP contribution in [0.1, 0.15) is 62.2 Å². The van der Waals surface area contributed by atoms with Gasteiger partial charge in [-0.15, -0.1) is 0 Å². The van der Waals surface area contributed by atoms with Crippen molar-refractivity contribution in [1.82, 2.24) is 9.88 Å². The number of hydrogen-bond donors (Lipinski definition) is 2. The number of benzene rings is 1. The third-order valence-corrected chi connectivity index (χ3v) is 8.36. The molecule has 6 nitrogen and oxygen atoms in total. The van der Waals surface area contributed by atoms with Gasteiger partial charge in [-0.1, -0.05) is 0 Å². The average Bonchev–Trinajstić information content (AvgIpc) is 3.42. The van der Waals surface area contributed by atoms with Gasteiger partial charge in [0.1, 0.15) is 5.75 Å². The lowest BCUT2D eigenvalue weighted by atomic mass is 9.79. The minimum absolute atomic E-state index is 0.213. The summed E-state index contributed by atoms with van der Waals surface area (Å²) in [6.45, 7) is 3.09. The Bertz CT molecular complexity index is 1100. The fourth-order valence-corrected chi connectivity index (χ4v) is 6.27. The van der Waals surface area contributed by atoms with Gasteiger partial charge >= 0.3 is 5.97 Å². The van der Waals surface area contributed by atoms with Gasteiger partial charge in [0.2, 0.25) is 0 Å². The molecule has 0 bridgehead atoms. The fraction of sp³-hybridized carbons (Fsp3) is 0.517. The lowest BCUT2D eigenvalue weighted by Crippen LogP contribution is -2.41. The van der Waals surface area contributed by atoms with Crippen molar-refractivity contribution in [3.05, 3.63) is 58.4 Å². The van der Waals surface area contributed by atoms with E-state index < -0.39 is 12.1 Å². The molecule has 0 aliphatic carbocycles. The number of nitrogens with zero attached hydrogens (tertiary/aromatic N) is 2. The highest BCUT2D eigenvalue weighted by Gasteiger charge is 2.30. The number of aliphatic hydroxyl groups is 1. The molecule has 1 fully saturated rings. The first-order valence-electron chi connectivity index (χ1n) is 13.1. The maximum Gasteiger partial charge on any atom is 0.303 e. The number of aliphatic carboxylic acids is 1. The van der Waals surface area contributed by atoms with Crippen molar-refractivity contribution in [2.45, 2.75) is 57.5 Å². The van der Waals surface area contributed by atoms with Crippen LogP contribution in [0.5, 0.6) is 5.75 Å². The number of hydrogen-bond acceptors (Lipinski definition) is 6. The lowest BCUT2D eigenvalue weighted by molar-refractivity contribution is -0.137. The van der Waals surface area contributed by atoms with E-state index in [2.05, 4.69) is 26.7 Å². The van der Waals surface area contributed by atoms with Crippen molar-refractivity contribution < 1.29 is 19.7 Å². The van der Waals surface area contributed by atoms with Gasteiger partial charge in [0, 0.05) is 24.5 Å². The first kappa shape index (κ1) is 26.6. The zero-order chi connectivity index (χ0) is 25.3. The van der Waals surface area contributed by atoms with Crippen molar-refractivity contribution in [2.24, 2.45) is 11.8 Å². The number of thiophene rings is 1. The molecule has 0 unspecified atom stereocenters. The van der Waals surface area contributed by atoms with E-state index in [1.807, 2.05) is 24.3 Å². The van der Waals surface area contributed by atoms with Crippen molar-refractivity contribution in [1.29, 1.82) is 0 Å². The number of carboxylic acids is 1. The molecule has 0 amide bonds. The Labute approximate surface area is 217 Å². The molecule has 3 heterocycles. The average molecular weight is 511 g/mol. The SMILES string of the molecule is COc1ccc2nccc([C@H](O)CC[C@@H]3CCN(CCCCc4ccsc4)C[C@H]3CCC(=O)O)c2c1. The highest BCUT2D eigenvalue weighted by Crippen LogP contribution is 2.35. The maximum atomic E-state index is 11.3.